The van der Waals surface area contributed by atoms with Crippen LogP contribution in [0.15, 0.2) is 35.4 Å². The lowest BCUT2D eigenvalue weighted by atomic mass is 10.1. The van der Waals surface area contributed by atoms with E-state index in [0.717, 1.165) is 29.9 Å². The fraction of sp³-hybridized carbons (Fsp3) is 0.312. The second-order valence-corrected chi connectivity index (χ2v) is 6.07. The number of aryl methyl sites for hydroxylation is 1. The summed E-state index contributed by atoms with van der Waals surface area (Å²) in [6.45, 7) is 0. The number of Topliss-reactive ketones (excluding diaryl/α,β-unsaturated/α-hetero) is 1. The van der Waals surface area contributed by atoms with Crippen LogP contribution in [-0.4, -0.2) is 15.8 Å². The van der Waals surface area contributed by atoms with Crippen LogP contribution in [-0.2, 0) is 12.2 Å². The van der Waals surface area contributed by atoms with Crippen LogP contribution in [0.5, 0.6) is 0 Å². The highest BCUT2D eigenvalue weighted by Gasteiger charge is 2.17. The van der Waals surface area contributed by atoms with Gasteiger partial charge in [-0.15, -0.1) is 11.8 Å². The Labute approximate surface area is 127 Å². The molecule has 21 heavy (non-hydrogen) atoms. The molecule has 108 valence electrons. The minimum absolute atomic E-state index is 0.145. The maximum Gasteiger partial charge on any atom is 0.166 e. The Bertz CT molecular complexity index is 675. The van der Waals surface area contributed by atoms with Gasteiger partial charge in [0.15, 0.2) is 5.78 Å². The van der Waals surface area contributed by atoms with Crippen molar-refractivity contribution in [3.05, 3.63) is 53.4 Å². The fourth-order valence-electron chi connectivity index (χ4n) is 2.37. The topological polar surface area (TPSA) is 42.9 Å². The Morgan fingerprint density at radius 3 is 2.95 bits per heavy atom. The van der Waals surface area contributed by atoms with Gasteiger partial charge in [-0.1, -0.05) is 6.07 Å². The number of hydrogen-bond acceptors (Lipinski definition) is 4. The molecule has 2 aromatic rings. The molecule has 1 aromatic carbocycles. The Morgan fingerprint density at radius 1 is 1.24 bits per heavy atom. The summed E-state index contributed by atoms with van der Waals surface area (Å²) in [5, 5.41) is 0. The lowest BCUT2D eigenvalue weighted by Crippen LogP contribution is -2.06. The minimum Gasteiger partial charge on any atom is -0.294 e. The standard InChI is InChI=1S/C16H15FN2OS/c17-11-4-3-5-12(8-11)21-10-16-18-9-13-14(19-16)6-1-2-7-15(13)20/h3-5,8-9H,1-2,6-7,10H2. The molecular formula is C16H15FN2OS. The Kier molecular flexibility index (Phi) is 4.29. The highest BCUT2D eigenvalue weighted by molar-refractivity contribution is 7.98. The van der Waals surface area contributed by atoms with Crippen molar-refractivity contribution in [1.82, 2.24) is 9.97 Å². The van der Waals surface area contributed by atoms with Gasteiger partial charge in [-0.25, -0.2) is 14.4 Å². The van der Waals surface area contributed by atoms with E-state index in [2.05, 4.69) is 9.97 Å². The van der Waals surface area contributed by atoms with Gasteiger partial charge in [0.1, 0.15) is 11.6 Å². The second kappa shape index (κ2) is 6.35. The lowest BCUT2D eigenvalue weighted by molar-refractivity contribution is 0.0981. The first-order chi connectivity index (χ1) is 10.2. The molecule has 0 spiro atoms. The van der Waals surface area contributed by atoms with Gasteiger partial charge < -0.3 is 0 Å². The van der Waals surface area contributed by atoms with Crippen molar-refractivity contribution in [3.8, 4) is 0 Å². The van der Waals surface area contributed by atoms with Gasteiger partial charge in [-0.3, -0.25) is 4.79 Å². The third-order valence-corrected chi connectivity index (χ3v) is 4.44. The maximum atomic E-state index is 13.1. The van der Waals surface area contributed by atoms with Gasteiger partial charge in [-0.05, 0) is 37.5 Å². The molecule has 0 bridgehead atoms. The van der Waals surface area contributed by atoms with Gasteiger partial charge in [-0.2, -0.15) is 0 Å². The molecule has 0 amide bonds. The molecule has 0 atom stereocenters. The monoisotopic (exact) mass is 302 g/mol. The predicted octanol–water partition coefficient (Wildman–Crippen LogP) is 3.82. The van der Waals surface area contributed by atoms with E-state index in [0.29, 0.717) is 23.6 Å². The summed E-state index contributed by atoms with van der Waals surface area (Å²) in [7, 11) is 0. The number of halogens is 1. The molecular weight excluding hydrogens is 287 g/mol. The number of ketones is 1. The van der Waals surface area contributed by atoms with Crippen LogP contribution in [0.3, 0.4) is 0 Å². The predicted molar refractivity (Wildman–Crippen MR) is 79.9 cm³/mol. The zero-order valence-electron chi connectivity index (χ0n) is 11.5. The van der Waals surface area contributed by atoms with Crippen molar-refractivity contribution >= 4 is 17.5 Å². The average Bonchev–Trinajstić information content (AvgIpc) is 2.67. The van der Waals surface area contributed by atoms with Gasteiger partial charge in [0.2, 0.25) is 0 Å². The number of carbonyl (C=O) groups excluding carboxylic acids is 1. The van der Waals surface area contributed by atoms with Crippen molar-refractivity contribution < 1.29 is 9.18 Å². The molecule has 1 aliphatic rings. The SMILES string of the molecule is O=C1CCCCc2nc(CSc3cccc(F)c3)ncc21. The molecule has 0 N–H and O–H groups in total. The number of benzene rings is 1. The van der Waals surface area contributed by atoms with E-state index in [1.54, 1.807) is 12.3 Å². The number of aromatic nitrogens is 2. The van der Waals surface area contributed by atoms with Gasteiger partial charge >= 0.3 is 0 Å². The van der Waals surface area contributed by atoms with Crippen LogP contribution >= 0.6 is 11.8 Å². The normalized spacial score (nSPS) is 14.6. The zero-order chi connectivity index (χ0) is 14.7. The van der Waals surface area contributed by atoms with E-state index >= 15 is 0 Å². The van der Waals surface area contributed by atoms with E-state index in [-0.39, 0.29) is 11.6 Å². The smallest absolute Gasteiger partial charge is 0.166 e. The second-order valence-electron chi connectivity index (χ2n) is 5.02. The quantitative estimate of drug-likeness (QED) is 0.638. The third kappa shape index (κ3) is 3.47. The number of fused-ring (bicyclic) bond motifs is 1. The van der Waals surface area contributed by atoms with Gasteiger partial charge in [0, 0.05) is 17.5 Å². The Hall–Kier alpha value is -1.75. The molecule has 3 nitrogen and oxygen atoms in total. The van der Waals surface area contributed by atoms with Crippen molar-refractivity contribution in [1.29, 1.82) is 0 Å². The molecule has 1 heterocycles. The molecule has 5 heteroatoms. The van der Waals surface area contributed by atoms with Crippen LogP contribution in [0.2, 0.25) is 0 Å². The molecule has 0 saturated heterocycles. The lowest BCUT2D eigenvalue weighted by Gasteiger charge is -2.06. The molecule has 0 unspecified atom stereocenters. The highest BCUT2D eigenvalue weighted by Crippen LogP contribution is 2.23. The molecule has 1 aliphatic carbocycles. The number of carbonyl (C=O) groups is 1. The van der Waals surface area contributed by atoms with E-state index in [1.807, 2.05) is 6.07 Å². The summed E-state index contributed by atoms with van der Waals surface area (Å²) in [4.78, 5) is 21.5. The summed E-state index contributed by atoms with van der Waals surface area (Å²) in [6.07, 6.45) is 4.99. The largest absolute Gasteiger partial charge is 0.294 e. The van der Waals surface area contributed by atoms with E-state index < -0.39 is 0 Å². The van der Waals surface area contributed by atoms with Crippen molar-refractivity contribution in [2.75, 3.05) is 0 Å². The van der Waals surface area contributed by atoms with Crippen LogP contribution in [0.1, 0.15) is 41.1 Å². The first-order valence-electron chi connectivity index (χ1n) is 6.99. The summed E-state index contributed by atoms with van der Waals surface area (Å²) in [5.41, 5.74) is 1.54. The van der Waals surface area contributed by atoms with Crippen LogP contribution < -0.4 is 0 Å². The Balaban J connectivity index is 1.75. The molecule has 0 saturated carbocycles. The number of rotatable bonds is 3. The molecule has 1 aromatic heterocycles. The van der Waals surface area contributed by atoms with E-state index in [1.165, 1.54) is 23.9 Å². The summed E-state index contributed by atoms with van der Waals surface area (Å²) < 4.78 is 13.1. The maximum absolute atomic E-state index is 13.1. The van der Waals surface area contributed by atoms with Crippen molar-refractivity contribution in [3.63, 3.8) is 0 Å². The number of nitrogens with zero attached hydrogens (tertiary/aromatic N) is 2. The summed E-state index contributed by atoms with van der Waals surface area (Å²) in [5.74, 6) is 1.17. The van der Waals surface area contributed by atoms with Crippen LogP contribution in [0, 0.1) is 5.82 Å². The van der Waals surface area contributed by atoms with Gasteiger partial charge in [0.05, 0.1) is 17.0 Å². The molecule has 0 fully saturated rings. The van der Waals surface area contributed by atoms with E-state index in [4.69, 9.17) is 0 Å². The molecule has 3 rings (SSSR count). The average molecular weight is 302 g/mol. The summed E-state index contributed by atoms with van der Waals surface area (Å²) >= 11 is 1.49. The van der Waals surface area contributed by atoms with Crippen molar-refractivity contribution in [2.45, 2.75) is 36.3 Å². The molecule has 0 aliphatic heterocycles. The van der Waals surface area contributed by atoms with Gasteiger partial charge in [0.25, 0.3) is 0 Å². The number of thioether (sulfide) groups is 1. The van der Waals surface area contributed by atoms with Crippen LogP contribution in [0.25, 0.3) is 0 Å². The zero-order valence-corrected chi connectivity index (χ0v) is 12.3. The Morgan fingerprint density at radius 2 is 2.10 bits per heavy atom. The summed E-state index contributed by atoms with van der Waals surface area (Å²) in [6, 6.07) is 6.47. The highest BCUT2D eigenvalue weighted by atomic mass is 32.2. The van der Waals surface area contributed by atoms with Crippen molar-refractivity contribution in [2.24, 2.45) is 0 Å². The van der Waals surface area contributed by atoms with Crippen LogP contribution in [0.4, 0.5) is 4.39 Å². The number of hydrogen-bond donors (Lipinski definition) is 0. The molecule has 0 radical (unpaired) electrons. The van der Waals surface area contributed by atoms with E-state index in [9.17, 15) is 9.18 Å². The minimum atomic E-state index is -0.242. The third-order valence-electron chi connectivity index (χ3n) is 3.45. The fourth-order valence-corrected chi connectivity index (χ4v) is 3.17. The first-order valence-corrected chi connectivity index (χ1v) is 7.97. The first kappa shape index (κ1) is 14.2.